The molecule has 1 aliphatic rings. The van der Waals surface area contributed by atoms with Gasteiger partial charge in [-0.15, -0.1) is 0 Å². The van der Waals surface area contributed by atoms with Crippen molar-refractivity contribution >= 4 is 17.5 Å². The Kier molecular flexibility index (Phi) is 3.51. The van der Waals surface area contributed by atoms with E-state index in [9.17, 15) is 4.79 Å². The molecule has 2 rings (SSSR count). The zero-order chi connectivity index (χ0) is 11.5. The highest BCUT2D eigenvalue weighted by Crippen LogP contribution is 2.25. The van der Waals surface area contributed by atoms with Crippen LogP contribution in [-0.2, 0) is 0 Å². The van der Waals surface area contributed by atoms with Crippen molar-refractivity contribution in [3.05, 3.63) is 23.1 Å². The summed E-state index contributed by atoms with van der Waals surface area (Å²) in [7, 11) is 0. The van der Waals surface area contributed by atoms with Crippen LogP contribution in [0.1, 0.15) is 29.8 Å². The first-order chi connectivity index (χ1) is 7.70. The number of carbonyl (C=O) groups excluding carboxylic acids is 1. The summed E-state index contributed by atoms with van der Waals surface area (Å²) < 4.78 is 5.05. The number of hydrogen-bond donors (Lipinski definition) is 2. The van der Waals surface area contributed by atoms with Crippen molar-refractivity contribution in [2.24, 2.45) is 11.7 Å². The van der Waals surface area contributed by atoms with Gasteiger partial charge in [0.15, 0.2) is 11.0 Å². The zero-order valence-electron chi connectivity index (χ0n) is 8.91. The Hall–Kier alpha value is -1.00. The molecule has 1 aliphatic carbocycles. The molecular weight excluding hydrogens is 228 g/mol. The third-order valence-electron chi connectivity index (χ3n) is 3.08. The maximum absolute atomic E-state index is 11.8. The maximum atomic E-state index is 11.8. The van der Waals surface area contributed by atoms with Crippen molar-refractivity contribution < 1.29 is 9.21 Å². The zero-order valence-corrected chi connectivity index (χ0v) is 9.67. The predicted octanol–water partition coefficient (Wildman–Crippen LogP) is 1.79. The molecule has 1 aromatic heterocycles. The van der Waals surface area contributed by atoms with Crippen LogP contribution in [0.2, 0.25) is 5.22 Å². The molecule has 1 saturated carbocycles. The molecule has 1 amide bonds. The van der Waals surface area contributed by atoms with Crippen molar-refractivity contribution in [2.45, 2.75) is 25.3 Å². The van der Waals surface area contributed by atoms with E-state index in [4.69, 9.17) is 21.8 Å². The van der Waals surface area contributed by atoms with Gasteiger partial charge in [-0.1, -0.05) is 6.42 Å². The Morgan fingerprint density at radius 3 is 3.00 bits per heavy atom. The Bertz CT molecular complexity index is 378. The third-order valence-corrected chi connectivity index (χ3v) is 3.28. The summed E-state index contributed by atoms with van der Waals surface area (Å²) >= 11 is 5.61. The van der Waals surface area contributed by atoms with Crippen LogP contribution in [0.15, 0.2) is 16.5 Å². The summed E-state index contributed by atoms with van der Waals surface area (Å²) in [6.45, 7) is 0.615. The van der Waals surface area contributed by atoms with E-state index in [0.29, 0.717) is 12.5 Å². The largest absolute Gasteiger partial charge is 0.440 e. The molecule has 1 aromatic rings. The number of nitrogens with one attached hydrogen (secondary N) is 1. The number of hydrogen-bond acceptors (Lipinski definition) is 3. The maximum Gasteiger partial charge on any atom is 0.287 e. The molecule has 1 fully saturated rings. The van der Waals surface area contributed by atoms with E-state index in [1.807, 2.05) is 0 Å². The van der Waals surface area contributed by atoms with Crippen LogP contribution >= 0.6 is 11.6 Å². The van der Waals surface area contributed by atoms with Gasteiger partial charge in [0, 0.05) is 6.04 Å². The van der Waals surface area contributed by atoms with Crippen molar-refractivity contribution in [1.29, 1.82) is 0 Å². The van der Waals surface area contributed by atoms with Crippen LogP contribution in [0, 0.1) is 5.92 Å². The lowest BCUT2D eigenvalue weighted by Gasteiger charge is -2.18. The summed E-state index contributed by atoms with van der Waals surface area (Å²) in [5.74, 6) is 0.430. The summed E-state index contributed by atoms with van der Waals surface area (Å²) in [6, 6.07) is 3.30. The number of rotatable bonds is 3. The van der Waals surface area contributed by atoms with Crippen molar-refractivity contribution in [2.75, 3.05) is 6.54 Å². The summed E-state index contributed by atoms with van der Waals surface area (Å²) in [5.41, 5.74) is 5.65. The number of halogens is 1. The molecule has 1 heterocycles. The van der Waals surface area contributed by atoms with E-state index in [0.717, 1.165) is 19.3 Å². The summed E-state index contributed by atoms with van der Waals surface area (Å²) in [6.07, 6.45) is 3.19. The van der Waals surface area contributed by atoms with Crippen LogP contribution in [0.5, 0.6) is 0 Å². The normalized spacial score (nSPS) is 24.6. The first kappa shape index (κ1) is 11.5. The van der Waals surface area contributed by atoms with E-state index < -0.39 is 0 Å². The molecular formula is C11H15ClN2O2. The van der Waals surface area contributed by atoms with E-state index in [1.165, 1.54) is 0 Å². The topological polar surface area (TPSA) is 68.3 Å². The molecule has 0 aliphatic heterocycles. The molecule has 88 valence electrons. The fourth-order valence-electron chi connectivity index (χ4n) is 2.18. The highest BCUT2D eigenvalue weighted by atomic mass is 35.5. The summed E-state index contributed by atoms with van der Waals surface area (Å²) in [5, 5.41) is 3.17. The Morgan fingerprint density at radius 2 is 2.38 bits per heavy atom. The first-order valence-electron chi connectivity index (χ1n) is 5.47. The number of furan rings is 1. The molecule has 3 N–H and O–H groups in total. The molecule has 0 radical (unpaired) electrons. The summed E-state index contributed by atoms with van der Waals surface area (Å²) in [4.78, 5) is 11.8. The van der Waals surface area contributed by atoms with Crippen LogP contribution in [-0.4, -0.2) is 18.5 Å². The molecule has 0 bridgehead atoms. The lowest BCUT2D eigenvalue weighted by Crippen LogP contribution is -2.39. The van der Waals surface area contributed by atoms with E-state index in [-0.39, 0.29) is 22.9 Å². The highest BCUT2D eigenvalue weighted by Gasteiger charge is 2.28. The molecule has 16 heavy (non-hydrogen) atoms. The van der Waals surface area contributed by atoms with Crippen LogP contribution in [0.3, 0.4) is 0 Å². The number of nitrogens with two attached hydrogens (primary N) is 1. The molecule has 2 unspecified atom stereocenters. The fourth-order valence-corrected chi connectivity index (χ4v) is 2.33. The molecule has 4 nitrogen and oxygen atoms in total. The minimum absolute atomic E-state index is 0.168. The van der Waals surface area contributed by atoms with Crippen molar-refractivity contribution in [1.82, 2.24) is 5.32 Å². The van der Waals surface area contributed by atoms with Gasteiger partial charge >= 0.3 is 0 Å². The predicted molar refractivity (Wildman–Crippen MR) is 61.4 cm³/mol. The number of amides is 1. The Balaban J connectivity index is 1.97. The van der Waals surface area contributed by atoms with Gasteiger partial charge < -0.3 is 15.5 Å². The lowest BCUT2D eigenvalue weighted by molar-refractivity contribution is 0.0900. The van der Waals surface area contributed by atoms with E-state index >= 15 is 0 Å². The van der Waals surface area contributed by atoms with Crippen molar-refractivity contribution in [3.8, 4) is 0 Å². The first-order valence-corrected chi connectivity index (χ1v) is 5.85. The molecule has 0 aromatic carbocycles. The van der Waals surface area contributed by atoms with Gasteiger partial charge in [-0.2, -0.15) is 0 Å². The lowest BCUT2D eigenvalue weighted by atomic mass is 10.0. The van der Waals surface area contributed by atoms with Gasteiger partial charge in [-0.25, -0.2) is 0 Å². The van der Waals surface area contributed by atoms with Gasteiger partial charge in [0.05, 0.1) is 0 Å². The molecule has 2 atom stereocenters. The Morgan fingerprint density at radius 1 is 1.56 bits per heavy atom. The van der Waals surface area contributed by atoms with E-state index in [1.54, 1.807) is 12.1 Å². The van der Waals surface area contributed by atoms with Crippen LogP contribution in [0.4, 0.5) is 0 Å². The minimum atomic E-state index is -0.211. The Labute approximate surface area is 99.1 Å². The second-order valence-corrected chi connectivity index (χ2v) is 4.48. The second-order valence-electron chi connectivity index (χ2n) is 4.11. The molecule has 0 spiro atoms. The SMILES string of the molecule is NCC1CCCC1NC(=O)c1ccc(Cl)o1. The third kappa shape index (κ3) is 2.39. The average Bonchev–Trinajstić information content (AvgIpc) is 2.86. The van der Waals surface area contributed by atoms with Crippen LogP contribution < -0.4 is 11.1 Å². The highest BCUT2D eigenvalue weighted by molar-refractivity contribution is 6.29. The minimum Gasteiger partial charge on any atom is -0.440 e. The van der Waals surface area contributed by atoms with E-state index in [2.05, 4.69) is 5.32 Å². The number of carbonyl (C=O) groups is 1. The average molecular weight is 243 g/mol. The second kappa shape index (κ2) is 4.89. The van der Waals surface area contributed by atoms with Gasteiger partial charge in [0.25, 0.3) is 5.91 Å². The smallest absolute Gasteiger partial charge is 0.287 e. The van der Waals surface area contributed by atoms with Gasteiger partial charge in [-0.05, 0) is 49.0 Å². The van der Waals surface area contributed by atoms with Gasteiger partial charge in [0.1, 0.15) is 0 Å². The van der Waals surface area contributed by atoms with Crippen LogP contribution in [0.25, 0.3) is 0 Å². The monoisotopic (exact) mass is 242 g/mol. The molecule has 0 saturated heterocycles. The van der Waals surface area contributed by atoms with Gasteiger partial charge in [0.2, 0.25) is 0 Å². The van der Waals surface area contributed by atoms with Gasteiger partial charge in [-0.3, -0.25) is 4.79 Å². The quantitative estimate of drug-likeness (QED) is 0.849. The molecule has 5 heteroatoms. The van der Waals surface area contributed by atoms with Crippen molar-refractivity contribution in [3.63, 3.8) is 0 Å². The standard InChI is InChI=1S/C11H15ClN2O2/c12-10-5-4-9(16-10)11(15)14-8-3-1-2-7(8)6-13/h4-5,7-8H,1-3,6,13H2,(H,14,15). The fraction of sp³-hybridized carbons (Fsp3) is 0.545.